The molecule has 5 rings (SSSR count). The number of halogens is 4. The quantitative estimate of drug-likeness (QED) is 0.460. The molecule has 9 heteroatoms. The van der Waals surface area contributed by atoms with E-state index in [4.69, 9.17) is 4.74 Å². The van der Waals surface area contributed by atoms with E-state index in [1.807, 2.05) is 17.0 Å². The summed E-state index contributed by atoms with van der Waals surface area (Å²) in [5.74, 6) is -1.28. The first-order valence-corrected chi connectivity index (χ1v) is 12.0. The van der Waals surface area contributed by atoms with E-state index in [2.05, 4.69) is 10.2 Å². The summed E-state index contributed by atoms with van der Waals surface area (Å²) in [6, 6.07) is 5.30. The summed E-state index contributed by atoms with van der Waals surface area (Å²) in [6.07, 6.45) is 2.35. The molecule has 0 bridgehead atoms. The molecule has 1 aromatic heterocycles. The maximum absolute atomic E-state index is 15.5. The average Bonchev–Trinajstić information content (AvgIpc) is 3.24. The molecule has 1 unspecified atom stereocenters. The molecule has 1 fully saturated rings. The second-order valence-electron chi connectivity index (χ2n) is 10.2. The van der Waals surface area contributed by atoms with Crippen LogP contribution < -0.4 is 4.74 Å². The van der Waals surface area contributed by atoms with Crippen molar-refractivity contribution in [2.45, 2.75) is 32.0 Å². The Morgan fingerprint density at radius 1 is 1.17 bits per heavy atom. The van der Waals surface area contributed by atoms with Gasteiger partial charge in [0.15, 0.2) is 0 Å². The lowest BCUT2D eigenvalue weighted by Crippen LogP contribution is -2.49. The highest BCUT2D eigenvalue weighted by molar-refractivity contribution is 5.83. The van der Waals surface area contributed by atoms with Crippen molar-refractivity contribution in [1.82, 2.24) is 20.0 Å². The van der Waals surface area contributed by atoms with Gasteiger partial charge in [-0.1, -0.05) is 6.07 Å². The molecule has 0 aliphatic carbocycles. The molecule has 2 aromatic carbocycles. The van der Waals surface area contributed by atoms with Crippen molar-refractivity contribution in [3.8, 4) is 5.75 Å². The van der Waals surface area contributed by atoms with Gasteiger partial charge in [-0.3, -0.25) is 19.3 Å². The summed E-state index contributed by atoms with van der Waals surface area (Å²) in [7, 11) is 0. The van der Waals surface area contributed by atoms with Crippen LogP contribution in [0, 0.1) is 17.6 Å². The Kier molecular flexibility index (Phi) is 6.48. The van der Waals surface area contributed by atoms with Crippen LogP contribution >= 0.6 is 0 Å². The monoisotopic (exact) mass is 490 g/mol. The summed E-state index contributed by atoms with van der Waals surface area (Å²) in [5.41, 5.74) is 0.921. The lowest BCUT2D eigenvalue weighted by Gasteiger charge is -2.40. The molecular weight excluding hydrogens is 460 g/mol. The SMILES string of the molecule is CC(C)(F)CN1CCc2c(ccc3[nH]ncc23)C1c1c(F)cc(OCCN2CC(CF)C2)cc1F. The Morgan fingerprint density at radius 3 is 2.60 bits per heavy atom. The zero-order valence-corrected chi connectivity index (χ0v) is 20.0. The molecule has 3 aromatic rings. The average molecular weight is 491 g/mol. The van der Waals surface area contributed by atoms with Gasteiger partial charge in [0.25, 0.3) is 0 Å². The third kappa shape index (κ3) is 4.89. The van der Waals surface area contributed by atoms with Crippen LogP contribution in [-0.2, 0) is 6.42 Å². The number of nitrogens with one attached hydrogen (secondary N) is 1. The van der Waals surface area contributed by atoms with E-state index in [1.165, 1.54) is 26.0 Å². The first-order valence-electron chi connectivity index (χ1n) is 12.0. The van der Waals surface area contributed by atoms with Crippen molar-refractivity contribution >= 4 is 10.9 Å². The van der Waals surface area contributed by atoms with Gasteiger partial charge in [-0.25, -0.2) is 13.2 Å². The number of rotatable bonds is 8. The number of fused-ring (bicyclic) bond motifs is 3. The van der Waals surface area contributed by atoms with E-state index < -0.39 is 23.3 Å². The minimum absolute atomic E-state index is 0.0351. The number of H-pyrrole nitrogens is 1. The van der Waals surface area contributed by atoms with Crippen molar-refractivity contribution in [3.05, 3.63) is 58.8 Å². The van der Waals surface area contributed by atoms with Gasteiger partial charge < -0.3 is 4.74 Å². The first kappa shape index (κ1) is 24.1. The van der Waals surface area contributed by atoms with Crippen molar-refractivity contribution in [2.24, 2.45) is 5.92 Å². The highest BCUT2D eigenvalue weighted by Crippen LogP contribution is 2.41. The lowest BCUT2D eigenvalue weighted by molar-refractivity contribution is 0.0667. The van der Waals surface area contributed by atoms with Crippen LogP contribution in [0.15, 0.2) is 30.5 Å². The molecule has 0 saturated carbocycles. The summed E-state index contributed by atoms with van der Waals surface area (Å²) in [4.78, 5) is 3.85. The van der Waals surface area contributed by atoms with E-state index in [0.717, 1.165) is 22.0 Å². The predicted molar refractivity (Wildman–Crippen MR) is 126 cm³/mol. The largest absolute Gasteiger partial charge is 0.492 e. The summed E-state index contributed by atoms with van der Waals surface area (Å²) >= 11 is 0. The number of aromatic nitrogens is 2. The number of alkyl halides is 2. The van der Waals surface area contributed by atoms with E-state index in [0.29, 0.717) is 32.6 Å². The number of hydrogen-bond acceptors (Lipinski definition) is 4. The maximum atomic E-state index is 15.5. The Morgan fingerprint density at radius 2 is 1.91 bits per heavy atom. The van der Waals surface area contributed by atoms with Gasteiger partial charge in [0, 0.05) is 61.7 Å². The van der Waals surface area contributed by atoms with Crippen LogP contribution in [0.2, 0.25) is 0 Å². The Bertz CT molecular complexity index is 1180. The van der Waals surface area contributed by atoms with Gasteiger partial charge >= 0.3 is 0 Å². The number of benzene rings is 2. The van der Waals surface area contributed by atoms with Gasteiger partial charge in [0.05, 0.1) is 24.4 Å². The Balaban J connectivity index is 1.44. The summed E-state index contributed by atoms with van der Waals surface area (Å²) in [6.45, 7) is 5.27. The standard InChI is InChI=1S/C26H30F4N4O/c1-26(2,30)15-34-6-5-18-19(3-4-23-20(18)12-31-32-23)25(34)24-21(28)9-17(10-22(24)29)35-8-7-33-13-16(11-27)14-33/h3-4,9-10,12,16,25H,5-8,11,13-15H2,1-2H3,(H,31,32). The second kappa shape index (κ2) is 9.43. The number of likely N-dealkylation sites (tertiary alicyclic amines) is 1. The molecule has 1 atom stereocenters. The van der Waals surface area contributed by atoms with Gasteiger partial charge in [0.2, 0.25) is 0 Å². The first-order chi connectivity index (χ1) is 16.7. The maximum Gasteiger partial charge on any atom is 0.134 e. The van der Waals surface area contributed by atoms with Crippen LogP contribution in [0.1, 0.15) is 36.6 Å². The second-order valence-corrected chi connectivity index (χ2v) is 10.2. The molecular formula is C26H30F4N4O. The van der Waals surface area contributed by atoms with Gasteiger partial charge in [-0.05, 0) is 37.5 Å². The third-order valence-electron chi connectivity index (χ3n) is 6.91. The van der Waals surface area contributed by atoms with Crippen LogP contribution in [-0.4, -0.2) is 71.7 Å². The molecule has 2 aliphatic rings. The molecule has 3 heterocycles. The molecule has 2 aliphatic heterocycles. The fourth-order valence-corrected chi connectivity index (χ4v) is 5.36. The fourth-order valence-electron chi connectivity index (χ4n) is 5.36. The molecule has 5 nitrogen and oxygen atoms in total. The highest BCUT2D eigenvalue weighted by Gasteiger charge is 2.37. The van der Waals surface area contributed by atoms with Crippen molar-refractivity contribution in [2.75, 3.05) is 46.0 Å². The third-order valence-corrected chi connectivity index (χ3v) is 6.91. The topological polar surface area (TPSA) is 44.4 Å². The number of ether oxygens (including phenoxy) is 1. The summed E-state index contributed by atoms with van der Waals surface area (Å²) < 4.78 is 63.9. The highest BCUT2D eigenvalue weighted by atomic mass is 19.1. The van der Waals surface area contributed by atoms with Crippen molar-refractivity contribution in [1.29, 1.82) is 0 Å². The van der Waals surface area contributed by atoms with Crippen molar-refractivity contribution in [3.63, 3.8) is 0 Å². The molecule has 35 heavy (non-hydrogen) atoms. The van der Waals surface area contributed by atoms with Gasteiger partial charge in [0.1, 0.15) is 29.7 Å². The molecule has 1 saturated heterocycles. The smallest absolute Gasteiger partial charge is 0.134 e. The van der Waals surface area contributed by atoms with Crippen LogP contribution in [0.3, 0.4) is 0 Å². The lowest BCUT2D eigenvalue weighted by atomic mass is 9.85. The van der Waals surface area contributed by atoms with Crippen LogP contribution in [0.4, 0.5) is 17.6 Å². The molecule has 0 spiro atoms. The molecule has 1 N–H and O–H groups in total. The van der Waals surface area contributed by atoms with Crippen LogP contribution in [0.5, 0.6) is 5.75 Å². The van der Waals surface area contributed by atoms with Gasteiger partial charge in [-0.15, -0.1) is 0 Å². The Hall–Kier alpha value is -2.65. The molecule has 0 amide bonds. The zero-order valence-electron chi connectivity index (χ0n) is 20.0. The molecule has 0 radical (unpaired) electrons. The Labute approximate surface area is 202 Å². The number of hydrogen-bond donors (Lipinski definition) is 1. The molecule has 188 valence electrons. The fraction of sp³-hybridized carbons (Fsp3) is 0.500. The van der Waals surface area contributed by atoms with E-state index in [9.17, 15) is 8.78 Å². The van der Waals surface area contributed by atoms with E-state index >= 15 is 8.78 Å². The van der Waals surface area contributed by atoms with Gasteiger partial charge in [-0.2, -0.15) is 5.10 Å². The van der Waals surface area contributed by atoms with E-state index in [-0.39, 0.29) is 37.1 Å². The minimum atomic E-state index is -1.54. The summed E-state index contributed by atoms with van der Waals surface area (Å²) in [5, 5.41) is 7.95. The minimum Gasteiger partial charge on any atom is -0.492 e. The van der Waals surface area contributed by atoms with E-state index in [1.54, 1.807) is 11.1 Å². The number of aromatic amines is 1. The predicted octanol–water partition coefficient (Wildman–Crippen LogP) is 4.82. The van der Waals surface area contributed by atoms with Crippen LogP contribution in [0.25, 0.3) is 10.9 Å². The van der Waals surface area contributed by atoms with Crippen molar-refractivity contribution < 1.29 is 22.3 Å². The zero-order chi connectivity index (χ0) is 24.7. The normalized spacial score (nSPS) is 19.7. The number of nitrogens with zero attached hydrogens (tertiary/aromatic N) is 3.